The molecule has 0 unspecified atom stereocenters. The molecule has 0 aliphatic carbocycles. The summed E-state index contributed by atoms with van der Waals surface area (Å²) in [4.78, 5) is 27.3. The number of anilines is 1. The average molecular weight is 396 g/mol. The van der Waals surface area contributed by atoms with Crippen LogP contribution in [-0.4, -0.2) is 47.4 Å². The van der Waals surface area contributed by atoms with Gasteiger partial charge in [0.1, 0.15) is 5.70 Å². The molecule has 130 valence electrons. The number of carbonyl (C=O) groups is 1. The zero-order valence-corrected chi connectivity index (χ0v) is 15.7. The number of esters is 1. The molecule has 2 rings (SSSR count). The molecule has 0 aromatic carbocycles. The van der Waals surface area contributed by atoms with E-state index in [1.165, 1.54) is 0 Å². The Balaban J connectivity index is 2.34. The molecule has 0 radical (unpaired) electrons. The quantitative estimate of drug-likeness (QED) is 0.619. The lowest BCUT2D eigenvalue weighted by Gasteiger charge is -2.30. The first-order valence-corrected chi connectivity index (χ1v) is 8.67. The molecule has 0 atom stereocenters. The Morgan fingerprint density at radius 2 is 2.12 bits per heavy atom. The lowest BCUT2D eigenvalue weighted by atomic mass is 9.99. The maximum atomic E-state index is 12.0. The standard InChI is InChI=1S/C16H22BrN5O2/c1-4-24-15(23)14(18)12-9-22(6-5-13(12)21-10(2)3)16-19-7-11(17)8-20-16/h7-8,10H,4-6,9,18H2,1-3H3/b14-12-,21-13?. The van der Waals surface area contributed by atoms with Crippen LogP contribution in [0.15, 0.2) is 33.1 Å². The number of aliphatic imine (C=N–C) groups is 1. The molecule has 1 aliphatic heterocycles. The van der Waals surface area contributed by atoms with E-state index in [2.05, 4.69) is 30.9 Å². The van der Waals surface area contributed by atoms with Gasteiger partial charge in [0.2, 0.25) is 5.95 Å². The zero-order valence-electron chi connectivity index (χ0n) is 14.1. The number of ether oxygens (including phenoxy) is 1. The summed E-state index contributed by atoms with van der Waals surface area (Å²) >= 11 is 3.32. The Morgan fingerprint density at radius 3 is 2.71 bits per heavy atom. The highest BCUT2D eigenvalue weighted by molar-refractivity contribution is 9.10. The Kier molecular flexibility index (Phi) is 6.30. The van der Waals surface area contributed by atoms with Crippen LogP contribution in [0.5, 0.6) is 0 Å². The molecule has 0 spiro atoms. The van der Waals surface area contributed by atoms with Crippen molar-refractivity contribution in [3.8, 4) is 0 Å². The minimum atomic E-state index is -0.512. The van der Waals surface area contributed by atoms with Gasteiger partial charge in [0, 0.05) is 49.2 Å². The van der Waals surface area contributed by atoms with Crippen molar-refractivity contribution in [1.82, 2.24) is 9.97 Å². The van der Waals surface area contributed by atoms with Crippen LogP contribution in [0.25, 0.3) is 0 Å². The van der Waals surface area contributed by atoms with E-state index in [-0.39, 0.29) is 18.3 Å². The van der Waals surface area contributed by atoms with Crippen molar-refractivity contribution in [3.63, 3.8) is 0 Å². The summed E-state index contributed by atoms with van der Waals surface area (Å²) in [6.45, 7) is 7.17. The third-order valence-corrected chi connectivity index (χ3v) is 3.85. The molecule has 0 amide bonds. The lowest BCUT2D eigenvalue weighted by Crippen LogP contribution is -2.39. The molecule has 7 nitrogen and oxygen atoms in total. The van der Waals surface area contributed by atoms with Crippen molar-refractivity contribution in [1.29, 1.82) is 0 Å². The molecular weight excluding hydrogens is 374 g/mol. The smallest absolute Gasteiger partial charge is 0.354 e. The molecule has 1 aromatic rings. The van der Waals surface area contributed by atoms with E-state index in [1.54, 1.807) is 19.3 Å². The number of nitrogens with zero attached hydrogens (tertiary/aromatic N) is 4. The van der Waals surface area contributed by atoms with E-state index in [0.717, 1.165) is 10.2 Å². The first-order chi connectivity index (χ1) is 11.4. The number of carbonyl (C=O) groups excluding carboxylic acids is 1. The Bertz CT molecular complexity index is 655. The molecule has 1 saturated heterocycles. The van der Waals surface area contributed by atoms with Gasteiger partial charge in [-0.25, -0.2) is 14.8 Å². The van der Waals surface area contributed by atoms with E-state index in [0.29, 0.717) is 31.0 Å². The van der Waals surface area contributed by atoms with Crippen LogP contribution in [0.1, 0.15) is 27.2 Å². The van der Waals surface area contributed by atoms with E-state index in [1.807, 2.05) is 18.7 Å². The van der Waals surface area contributed by atoms with Crippen molar-refractivity contribution < 1.29 is 9.53 Å². The van der Waals surface area contributed by atoms with Gasteiger partial charge < -0.3 is 15.4 Å². The Labute approximate surface area is 150 Å². The molecule has 1 aromatic heterocycles. The van der Waals surface area contributed by atoms with E-state index < -0.39 is 5.97 Å². The number of hydrogen-bond donors (Lipinski definition) is 1. The Hall–Kier alpha value is -1.96. The summed E-state index contributed by atoms with van der Waals surface area (Å²) in [6.07, 6.45) is 4.06. The second kappa shape index (κ2) is 8.23. The fourth-order valence-corrected chi connectivity index (χ4v) is 2.62. The van der Waals surface area contributed by atoms with Gasteiger partial charge in [-0.1, -0.05) is 0 Å². The molecule has 2 heterocycles. The van der Waals surface area contributed by atoms with Crippen LogP contribution in [-0.2, 0) is 9.53 Å². The molecular formula is C16H22BrN5O2. The highest BCUT2D eigenvalue weighted by atomic mass is 79.9. The van der Waals surface area contributed by atoms with Crippen LogP contribution in [0.4, 0.5) is 5.95 Å². The predicted octanol–water partition coefficient (Wildman–Crippen LogP) is 2.07. The summed E-state index contributed by atoms with van der Waals surface area (Å²) in [7, 11) is 0. The van der Waals surface area contributed by atoms with Crippen molar-refractivity contribution in [2.75, 3.05) is 24.6 Å². The first kappa shape index (κ1) is 18.4. The maximum Gasteiger partial charge on any atom is 0.354 e. The largest absolute Gasteiger partial charge is 0.461 e. The first-order valence-electron chi connectivity index (χ1n) is 7.87. The molecule has 0 bridgehead atoms. The third kappa shape index (κ3) is 4.53. The molecule has 1 aliphatic rings. The fraction of sp³-hybridized carbons (Fsp3) is 0.500. The fourth-order valence-electron chi connectivity index (χ4n) is 2.42. The maximum absolute atomic E-state index is 12.0. The third-order valence-electron chi connectivity index (χ3n) is 3.44. The molecule has 0 saturated carbocycles. The van der Waals surface area contributed by atoms with Crippen LogP contribution in [0, 0.1) is 0 Å². The second-order valence-electron chi connectivity index (χ2n) is 5.66. The van der Waals surface area contributed by atoms with Crippen molar-refractivity contribution in [2.24, 2.45) is 10.7 Å². The topological polar surface area (TPSA) is 93.7 Å². The Morgan fingerprint density at radius 1 is 1.46 bits per heavy atom. The predicted molar refractivity (Wildman–Crippen MR) is 97.0 cm³/mol. The van der Waals surface area contributed by atoms with Crippen LogP contribution in [0.2, 0.25) is 0 Å². The lowest BCUT2D eigenvalue weighted by molar-refractivity contribution is -0.138. The number of halogens is 1. The van der Waals surface area contributed by atoms with Gasteiger partial charge in [-0.05, 0) is 36.7 Å². The summed E-state index contributed by atoms with van der Waals surface area (Å²) < 4.78 is 5.85. The average Bonchev–Trinajstić information content (AvgIpc) is 2.55. The zero-order chi connectivity index (χ0) is 17.7. The summed E-state index contributed by atoms with van der Waals surface area (Å²) in [6, 6.07) is 0.125. The minimum absolute atomic E-state index is 0.109. The monoisotopic (exact) mass is 395 g/mol. The van der Waals surface area contributed by atoms with Crippen LogP contribution >= 0.6 is 15.9 Å². The summed E-state index contributed by atoms with van der Waals surface area (Å²) in [5, 5.41) is 0. The molecule has 24 heavy (non-hydrogen) atoms. The molecule has 8 heteroatoms. The minimum Gasteiger partial charge on any atom is -0.461 e. The molecule has 2 N–H and O–H groups in total. The van der Waals surface area contributed by atoms with Crippen molar-refractivity contribution >= 4 is 33.6 Å². The number of aromatic nitrogens is 2. The number of hydrogen-bond acceptors (Lipinski definition) is 7. The van der Waals surface area contributed by atoms with E-state index in [9.17, 15) is 4.79 Å². The number of nitrogens with two attached hydrogens (primary N) is 1. The summed E-state index contributed by atoms with van der Waals surface area (Å²) in [5.74, 6) is 0.0819. The van der Waals surface area contributed by atoms with Gasteiger partial charge in [0.15, 0.2) is 0 Å². The number of rotatable bonds is 4. The SMILES string of the molecule is CCOC(=O)/C(N)=C1\CN(c2ncc(Br)cn2)CCC1=NC(C)C. The van der Waals surface area contributed by atoms with E-state index >= 15 is 0 Å². The van der Waals surface area contributed by atoms with Gasteiger partial charge in [-0.15, -0.1) is 0 Å². The highest BCUT2D eigenvalue weighted by Gasteiger charge is 2.26. The number of piperidine rings is 1. The van der Waals surface area contributed by atoms with Gasteiger partial charge >= 0.3 is 5.97 Å². The molecule has 1 fully saturated rings. The highest BCUT2D eigenvalue weighted by Crippen LogP contribution is 2.21. The van der Waals surface area contributed by atoms with Crippen LogP contribution < -0.4 is 10.6 Å². The van der Waals surface area contributed by atoms with Gasteiger partial charge in [-0.3, -0.25) is 4.99 Å². The van der Waals surface area contributed by atoms with E-state index in [4.69, 9.17) is 10.5 Å². The van der Waals surface area contributed by atoms with Crippen molar-refractivity contribution in [2.45, 2.75) is 33.2 Å². The summed E-state index contributed by atoms with van der Waals surface area (Å²) in [5.41, 5.74) is 7.71. The second-order valence-corrected chi connectivity index (χ2v) is 6.57. The van der Waals surface area contributed by atoms with Crippen LogP contribution in [0.3, 0.4) is 0 Å². The normalized spacial score (nSPS) is 18.9. The van der Waals surface area contributed by atoms with Gasteiger partial charge in [0.25, 0.3) is 0 Å². The van der Waals surface area contributed by atoms with Crippen molar-refractivity contribution in [3.05, 3.63) is 28.1 Å². The van der Waals surface area contributed by atoms with Gasteiger partial charge in [-0.2, -0.15) is 0 Å². The van der Waals surface area contributed by atoms with Gasteiger partial charge in [0.05, 0.1) is 11.1 Å².